The monoisotopic (exact) mass is 1500 g/mol. The van der Waals surface area contributed by atoms with E-state index in [1.54, 1.807) is 78.0 Å². The van der Waals surface area contributed by atoms with Crippen molar-refractivity contribution in [3.05, 3.63) is 214 Å². The molecule has 8 heterocycles. The number of rotatable bonds is 24. The molecule has 0 saturated carbocycles. The Hall–Kier alpha value is -7.96. The number of benzene rings is 4. The Morgan fingerprint density at radius 1 is 0.298 bits per heavy atom. The van der Waals surface area contributed by atoms with Gasteiger partial charge in [0.2, 0.25) is 0 Å². The molecule has 28 heteroatoms. The maximum atomic E-state index is 13.0. The van der Waals surface area contributed by atoms with Crippen LogP contribution in [-0.2, 0) is 84.0 Å². The molecule has 0 radical (unpaired) electrons. The summed E-state index contributed by atoms with van der Waals surface area (Å²) in [5, 5.41) is -2.40. The van der Waals surface area contributed by atoms with Crippen molar-refractivity contribution in [2.75, 3.05) is 77.9 Å². The molecule has 104 heavy (non-hydrogen) atoms. The van der Waals surface area contributed by atoms with Gasteiger partial charge in [-0.25, -0.2) is 73.5 Å². The van der Waals surface area contributed by atoms with Gasteiger partial charge in [-0.15, -0.1) is 0 Å². The Kier molecular flexibility index (Phi) is 29.6. The zero-order valence-corrected chi connectivity index (χ0v) is 63.6. The Balaban J connectivity index is 0.000000161. The molecule has 0 spiro atoms. The molecule has 0 amide bonds. The van der Waals surface area contributed by atoms with Crippen LogP contribution < -0.4 is 18.9 Å². The molecule has 4 aromatic carbocycles. The fourth-order valence-electron chi connectivity index (χ4n) is 12.5. The topological polar surface area (TPSA) is 314 Å². The summed E-state index contributed by atoms with van der Waals surface area (Å²) in [6.07, 6.45) is 18.3. The van der Waals surface area contributed by atoms with Gasteiger partial charge >= 0.3 is 0 Å². The number of sulfone groups is 4. The fourth-order valence-corrected chi connectivity index (χ4v) is 20.2. The van der Waals surface area contributed by atoms with E-state index in [1.165, 1.54) is 0 Å². The van der Waals surface area contributed by atoms with Gasteiger partial charge in [-0.2, -0.15) is 0 Å². The summed E-state index contributed by atoms with van der Waals surface area (Å²) in [7, 11) is -6.94. The van der Waals surface area contributed by atoms with Gasteiger partial charge in [0, 0.05) is 76.0 Å². The largest absolute Gasteiger partial charge is 0.497 e. The Morgan fingerprint density at radius 2 is 0.471 bits per heavy atom. The number of aryl methyl sites for hydroxylation is 8. The molecule has 8 atom stereocenters. The number of nitrogens with zero attached hydrogens (tertiary/aromatic N) is 8. The van der Waals surface area contributed by atoms with Gasteiger partial charge in [0.1, 0.15) is 47.4 Å². The highest BCUT2D eigenvalue weighted by atomic mass is 32.2. The van der Waals surface area contributed by atoms with E-state index in [9.17, 15) is 33.7 Å². The summed E-state index contributed by atoms with van der Waals surface area (Å²) in [5.41, 5.74) is 7.60. The van der Waals surface area contributed by atoms with Crippen LogP contribution in [0.3, 0.4) is 0 Å². The minimum atomic E-state index is -3.34. The van der Waals surface area contributed by atoms with Gasteiger partial charge < -0.3 is 37.9 Å². The van der Waals surface area contributed by atoms with E-state index < -0.39 is 84.8 Å². The van der Waals surface area contributed by atoms with Crippen LogP contribution in [0.4, 0.5) is 0 Å². The Bertz CT molecular complexity index is 3850. The van der Waals surface area contributed by atoms with Crippen molar-refractivity contribution in [1.82, 2.24) is 39.9 Å². The van der Waals surface area contributed by atoms with E-state index in [2.05, 4.69) is 39.9 Å². The summed E-state index contributed by atoms with van der Waals surface area (Å²) in [6, 6.07) is 29.9. The van der Waals surface area contributed by atoms with Crippen LogP contribution in [0.2, 0.25) is 0 Å². The molecular formula is C76H96N8O16S4. The first kappa shape index (κ1) is 80.1. The summed E-state index contributed by atoms with van der Waals surface area (Å²) in [4.78, 5) is 34.3. The van der Waals surface area contributed by atoms with Gasteiger partial charge in [0.25, 0.3) is 0 Å². The lowest BCUT2D eigenvalue weighted by molar-refractivity contribution is 0.0124. The molecule has 24 nitrogen and oxygen atoms in total. The van der Waals surface area contributed by atoms with E-state index in [0.29, 0.717) is 101 Å². The van der Waals surface area contributed by atoms with Crippen LogP contribution >= 0.6 is 0 Å². The molecule has 0 aliphatic carbocycles. The SMILES string of the molecule is COc1ccc(CCS(=O)(=O)[C@@H]2CCCO[C@@H]2c2ncc(C)cn2)cc1.COc1ccc(CCS(=O)(=O)[C@@H]2CCCO[C@H]2c2ncc(C)cn2)cc1.COc1ccc(CCS(=O)(=O)[C@H]2CCCO[C@@H]2c2ncc(C)cn2)cc1.COc1ccc(CCS(=O)(=O)[C@H]2CCCO[C@H]2c2ncc(C)cn2)cc1. The average Bonchev–Trinajstić information content (AvgIpc) is 0.816. The van der Waals surface area contributed by atoms with Crippen LogP contribution in [0.5, 0.6) is 23.0 Å². The lowest BCUT2D eigenvalue weighted by Gasteiger charge is -2.30. The van der Waals surface area contributed by atoms with Crippen molar-refractivity contribution < 1.29 is 71.6 Å². The molecule has 0 N–H and O–H groups in total. The van der Waals surface area contributed by atoms with Gasteiger partial charge in [-0.1, -0.05) is 48.5 Å². The minimum Gasteiger partial charge on any atom is -0.497 e. The number of methoxy groups -OCH3 is 4. The van der Waals surface area contributed by atoms with Crippen LogP contribution in [-0.4, -0.2) is 172 Å². The number of hydrogen-bond donors (Lipinski definition) is 0. The first-order valence-electron chi connectivity index (χ1n) is 35.0. The van der Waals surface area contributed by atoms with Crippen LogP contribution in [0, 0.1) is 27.7 Å². The van der Waals surface area contributed by atoms with Crippen molar-refractivity contribution in [3.8, 4) is 23.0 Å². The minimum absolute atomic E-state index is 0.0791. The van der Waals surface area contributed by atoms with Crippen LogP contribution in [0.15, 0.2) is 147 Å². The standard InChI is InChI=1S/4C19H24N2O4S/c4*1-14-12-20-19(21-13-14)18-17(4-3-10-25-18)26(22,23)11-9-15-5-7-16(24-2)8-6-15/h4*5-8,12-13,17-18H,3-4,9-11H2,1-2H3/t2*17-,18+;2*17-,18-/m1010/s1. The highest BCUT2D eigenvalue weighted by molar-refractivity contribution is 7.92. The predicted octanol–water partition coefficient (Wildman–Crippen LogP) is 10.7. The van der Waals surface area contributed by atoms with Crippen LogP contribution in [0.25, 0.3) is 0 Å². The highest BCUT2D eigenvalue weighted by Gasteiger charge is 2.42. The van der Waals surface area contributed by atoms with Gasteiger partial charge in [0.05, 0.1) is 72.5 Å². The van der Waals surface area contributed by atoms with Crippen molar-refractivity contribution in [3.63, 3.8) is 0 Å². The third-order valence-corrected chi connectivity index (χ3v) is 27.2. The first-order chi connectivity index (χ1) is 50.0. The van der Waals surface area contributed by atoms with Crippen molar-refractivity contribution >= 4 is 39.3 Å². The van der Waals surface area contributed by atoms with Crippen LogP contribution in [0.1, 0.15) is 144 Å². The summed E-state index contributed by atoms with van der Waals surface area (Å²) < 4.78 is 147. The molecule has 4 saturated heterocycles. The maximum Gasteiger partial charge on any atom is 0.158 e. The third-order valence-electron chi connectivity index (χ3n) is 18.5. The van der Waals surface area contributed by atoms with Crippen molar-refractivity contribution in [1.29, 1.82) is 0 Å². The van der Waals surface area contributed by atoms with E-state index in [0.717, 1.165) is 93.2 Å². The Morgan fingerprint density at radius 3 is 0.635 bits per heavy atom. The van der Waals surface area contributed by atoms with E-state index in [4.69, 9.17) is 37.9 Å². The molecule has 4 aliphatic heterocycles. The maximum absolute atomic E-state index is 13.0. The van der Waals surface area contributed by atoms with E-state index in [1.807, 2.05) is 125 Å². The van der Waals surface area contributed by atoms with E-state index >= 15 is 0 Å². The predicted molar refractivity (Wildman–Crippen MR) is 396 cm³/mol. The number of ether oxygens (including phenoxy) is 8. The molecule has 4 fully saturated rings. The normalized spacial score (nSPS) is 20.7. The quantitative estimate of drug-likeness (QED) is 0.0542. The summed E-state index contributed by atoms with van der Waals surface area (Å²) >= 11 is 0. The molecule has 560 valence electrons. The van der Waals surface area contributed by atoms with Gasteiger partial charge in [-0.3, -0.25) is 0 Å². The zero-order chi connectivity index (χ0) is 74.3. The molecule has 8 aromatic rings. The highest BCUT2D eigenvalue weighted by Crippen LogP contribution is 2.37. The molecule has 4 aromatic heterocycles. The molecule has 0 bridgehead atoms. The lowest BCUT2D eigenvalue weighted by atomic mass is 10.1. The fraction of sp³-hybridized carbons (Fsp3) is 0.474. The number of hydrogen-bond acceptors (Lipinski definition) is 24. The van der Waals surface area contributed by atoms with Crippen molar-refractivity contribution in [2.45, 2.75) is 150 Å². The zero-order valence-electron chi connectivity index (χ0n) is 60.4. The smallest absolute Gasteiger partial charge is 0.158 e. The summed E-state index contributed by atoms with van der Waals surface area (Å²) in [5.74, 6) is 5.16. The van der Waals surface area contributed by atoms with Crippen molar-refractivity contribution in [2.24, 2.45) is 0 Å². The second-order valence-electron chi connectivity index (χ2n) is 26.2. The second kappa shape index (κ2) is 38.4. The third kappa shape index (κ3) is 23.0. The average molecular weight is 1510 g/mol. The second-order valence-corrected chi connectivity index (χ2v) is 35.6. The molecule has 4 aliphatic rings. The Labute approximate surface area is 612 Å². The molecule has 12 rings (SSSR count). The van der Waals surface area contributed by atoms with Gasteiger partial charge in [0.15, 0.2) is 62.6 Å². The van der Waals surface area contributed by atoms with E-state index in [-0.39, 0.29) is 23.0 Å². The molecular weight excluding hydrogens is 1410 g/mol. The molecule has 0 unspecified atom stereocenters. The first-order valence-corrected chi connectivity index (χ1v) is 41.8. The number of aromatic nitrogens is 8. The lowest BCUT2D eigenvalue weighted by Crippen LogP contribution is -2.37. The van der Waals surface area contributed by atoms with Gasteiger partial charge in [-0.05, 0) is 198 Å². The summed E-state index contributed by atoms with van der Waals surface area (Å²) in [6.45, 7) is 9.73.